The molecule has 8 heteroatoms. The maximum atomic E-state index is 13.6. The van der Waals surface area contributed by atoms with Gasteiger partial charge in [0, 0.05) is 38.2 Å². The van der Waals surface area contributed by atoms with E-state index in [0.29, 0.717) is 31.8 Å². The number of hydrogen-bond donors (Lipinski definition) is 1. The Morgan fingerprint density at radius 3 is 2.54 bits per heavy atom. The average Bonchev–Trinajstić information content (AvgIpc) is 2.60. The van der Waals surface area contributed by atoms with E-state index in [1.807, 2.05) is 0 Å². The van der Waals surface area contributed by atoms with E-state index < -0.39 is 23.4 Å². The number of aromatic nitrogens is 2. The number of urea groups is 1. The Labute approximate surface area is 137 Å². The maximum absolute atomic E-state index is 13.6. The molecule has 0 unspecified atom stereocenters. The lowest BCUT2D eigenvalue weighted by Crippen LogP contribution is -2.44. The van der Waals surface area contributed by atoms with E-state index in [-0.39, 0.29) is 6.10 Å². The molecule has 126 valence electrons. The first-order chi connectivity index (χ1) is 11.6. The van der Waals surface area contributed by atoms with Gasteiger partial charge in [-0.05, 0) is 12.1 Å². The number of carbonyl (C=O) groups is 1. The van der Waals surface area contributed by atoms with Crippen molar-refractivity contribution in [3.05, 3.63) is 48.4 Å². The number of carbonyl (C=O) groups excluding carboxylic acids is 1. The summed E-state index contributed by atoms with van der Waals surface area (Å²) >= 11 is 0. The fraction of sp³-hybridized carbons (Fsp3) is 0.312. The number of benzene rings is 1. The highest BCUT2D eigenvalue weighted by Crippen LogP contribution is 2.21. The largest absolute Gasteiger partial charge is 0.474 e. The van der Waals surface area contributed by atoms with Gasteiger partial charge in [-0.25, -0.2) is 23.5 Å². The summed E-state index contributed by atoms with van der Waals surface area (Å²) in [5, 5.41) is 2.29. The third-order valence-corrected chi connectivity index (χ3v) is 3.77. The minimum atomic E-state index is -0.801. The third-order valence-electron chi connectivity index (χ3n) is 3.77. The Morgan fingerprint density at radius 1 is 1.21 bits per heavy atom. The van der Waals surface area contributed by atoms with Gasteiger partial charge in [0.05, 0.1) is 0 Å². The molecule has 6 nitrogen and oxygen atoms in total. The summed E-state index contributed by atoms with van der Waals surface area (Å²) in [5.74, 6) is -1.11. The number of halogens is 2. The first kappa shape index (κ1) is 16.1. The number of nitrogens with one attached hydrogen (secondary N) is 1. The van der Waals surface area contributed by atoms with E-state index in [4.69, 9.17) is 4.74 Å². The van der Waals surface area contributed by atoms with Crippen molar-refractivity contribution in [1.29, 1.82) is 0 Å². The van der Waals surface area contributed by atoms with E-state index in [0.717, 1.165) is 12.1 Å². The summed E-state index contributed by atoms with van der Waals surface area (Å²) < 4.78 is 32.9. The van der Waals surface area contributed by atoms with Crippen LogP contribution in [0, 0.1) is 11.6 Å². The Kier molecular flexibility index (Phi) is 4.83. The van der Waals surface area contributed by atoms with Gasteiger partial charge in [0.1, 0.15) is 29.8 Å². The van der Waals surface area contributed by atoms with E-state index in [1.54, 1.807) is 12.3 Å². The molecule has 0 spiro atoms. The predicted octanol–water partition coefficient (Wildman–Crippen LogP) is 2.83. The summed E-state index contributed by atoms with van der Waals surface area (Å²) in [5.41, 5.74) is -0.429. The number of hydrogen-bond acceptors (Lipinski definition) is 4. The second-order valence-electron chi connectivity index (χ2n) is 5.38. The van der Waals surface area contributed by atoms with E-state index in [1.165, 1.54) is 17.3 Å². The van der Waals surface area contributed by atoms with E-state index in [2.05, 4.69) is 15.3 Å². The molecular formula is C16H16F2N4O2. The van der Waals surface area contributed by atoms with Crippen molar-refractivity contribution in [2.75, 3.05) is 18.4 Å². The van der Waals surface area contributed by atoms with Crippen LogP contribution in [0.2, 0.25) is 0 Å². The van der Waals surface area contributed by atoms with E-state index in [9.17, 15) is 13.6 Å². The molecule has 1 saturated heterocycles. The average molecular weight is 334 g/mol. The van der Waals surface area contributed by atoms with Gasteiger partial charge in [-0.15, -0.1) is 0 Å². The van der Waals surface area contributed by atoms with Crippen LogP contribution >= 0.6 is 0 Å². The lowest BCUT2D eigenvalue weighted by atomic mass is 10.1. The minimum absolute atomic E-state index is 0.0610. The molecule has 1 aromatic heterocycles. The molecule has 0 bridgehead atoms. The van der Waals surface area contributed by atoms with Gasteiger partial charge in [-0.2, -0.15) is 0 Å². The Balaban J connectivity index is 1.54. The zero-order chi connectivity index (χ0) is 16.9. The van der Waals surface area contributed by atoms with Crippen LogP contribution in [0.15, 0.2) is 36.8 Å². The molecule has 1 aromatic carbocycles. The van der Waals surface area contributed by atoms with Gasteiger partial charge in [0.15, 0.2) is 0 Å². The Hall–Kier alpha value is -2.77. The number of para-hydroxylation sites is 1. The van der Waals surface area contributed by atoms with Crippen LogP contribution in [0.5, 0.6) is 5.88 Å². The van der Waals surface area contributed by atoms with Gasteiger partial charge < -0.3 is 15.0 Å². The number of likely N-dealkylation sites (tertiary alicyclic amines) is 1. The number of piperidine rings is 1. The molecule has 2 heterocycles. The molecule has 0 saturated carbocycles. The molecule has 1 fully saturated rings. The summed E-state index contributed by atoms with van der Waals surface area (Å²) in [6.45, 7) is 0.856. The van der Waals surface area contributed by atoms with Crippen LogP contribution in [0.3, 0.4) is 0 Å². The fourth-order valence-corrected chi connectivity index (χ4v) is 2.50. The quantitative estimate of drug-likeness (QED) is 0.937. The number of amides is 2. The third kappa shape index (κ3) is 3.76. The van der Waals surface area contributed by atoms with Crippen molar-refractivity contribution >= 4 is 11.7 Å². The van der Waals surface area contributed by atoms with Gasteiger partial charge in [0.2, 0.25) is 5.88 Å². The highest BCUT2D eigenvalue weighted by molar-refractivity contribution is 5.89. The Bertz CT molecular complexity index is 686. The van der Waals surface area contributed by atoms with Gasteiger partial charge in [-0.1, -0.05) is 6.07 Å². The molecule has 0 radical (unpaired) electrons. The number of nitrogens with zero attached hydrogens (tertiary/aromatic N) is 3. The van der Waals surface area contributed by atoms with Crippen molar-refractivity contribution in [2.24, 2.45) is 0 Å². The smallest absolute Gasteiger partial charge is 0.322 e. The molecular weight excluding hydrogens is 318 g/mol. The van der Waals surface area contributed by atoms with E-state index >= 15 is 0 Å². The van der Waals surface area contributed by atoms with Crippen molar-refractivity contribution in [1.82, 2.24) is 14.9 Å². The number of ether oxygens (including phenoxy) is 1. The van der Waals surface area contributed by atoms with Crippen molar-refractivity contribution in [2.45, 2.75) is 18.9 Å². The summed E-state index contributed by atoms with van der Waals surface area (Å²) in [4.78, 5) is 21.5. The molecule has 2 amide bonds. The van der Waals surface area contributed by atoms with Crippen molar-refractivity contribution < 1.29 is 18.3 Å². The van der Waals surface area contributed by atoms with Gasteiger partial charge in [0.25, 0.3) is 0 Å². The topological polar surface area (TPSA) is 67.4 Å². The number of rotatable bonds is 3. The molecule has 24 heavy (non-hydrogen) atoms. The normalized spacial score (nSPS) is 15.2. The maximum Gasteiger partial charge on any atom is 0.322 e. The molecule has 1 N–H and O–H groups in total. The molecule has 1 aliphatic heterocycles. The van der Waals surface area contributed by atoms with Crippen LogP contribution in [0.1, 0.15) is 12.8 Å². The number of anilines is 1. The monoisotopic (exact) mass is 334 g/mol. The van der Waals surface area contributed by atoms with Gasteiger partial charge in [-0.3, -0.25) is 0 Å². The zero-order valence-electron chi connectivity index (χ0n) is 12.8. The summed E-state index contributed by atoms with van der Waals surface area (Å²) in [6, 6.07) is 4.58. The van der Waals surface area contributed by atoms with Crippen LogP contribution in [0.4, 0.5) is 19.3 Å². The summed E-state index contributed by atoms with van der Waals surface area (Å²) in [6.07, 6.45) is 4.15. The molecule has 0 aliphatic carbocycles. The van der Waals surface area contributed by atoms with Crippen molar-refractivity contribution in [3.8, 4) is 5.88 Å². The zero-order valence-corrected chi connectivity index (χ0v) is 12.8. The van der Waals surface area contributed by atoms with Gasteiger partial charge >= 0.3 is 6.03 Å². The minimum Gasteiger partial charge on any atom is -0.474 e. The standard InChI is InChI=1S/C16H16F2N4O2/c17-12-2-1-3-13(18)15(12)21-16(23)22-8-5-11(6-9-22)24-14-4-7-19-10-20-14/h1-4,7,10-11H,5-6,8-9H2,(H,21,23). The first-order valence-electron chi connectivity index (χ1n) is 7.56. The molecule has 2 aromatic rings. The molecule has 3 rings (SSSR count). The SMILES string of the molecule is O=C(Nc1c(F)cccc1F)N1CCC(Oc2ccncn2)CC1. The second-order valence-corrected chi connectivity index (χ2v) is 5.38. The van der Waals surface area contributed by atoms with Crippen LogP contribution in [-0.2, 0) is 0 Å². The highest BCUT2D eigenvalue weighted by Gasteiger charge is 2.25. The lowest BCUT2D eigenvalue weighted by Gasteiger charge is -2.31. The predicted molar refractivity (Wildman–Crippen MR) is 82.6 cm³/mol. The fourth-order valence-electron chi connectivity index (χ4n) is 2.50. The lowest BCUT2D eigenvalue weighted by molar-refractivity contribution is 0.111. The van der Waals surface area contributed by atoms with Crippen LogP contribution < -0.4 is 10.1 Å². The Morgan fingerprint density at radius 2 is 1.92 bits per heavy atom. The van der Waals surface area contributed by atoms with Crippen LogP contribution in [0.25, 0.3) is 0 Å². The first-order valence-corrected chi connectivity index (χ1v) is 7.56. The highest BCUT2D eigenvalue weighted by atomic mass is 19.1. The summed E-state index contributed by atoms with van der Waals surface area (Å²) in [7, 11) is 0. The molecule has 0 atom stereocenters. The van der Waals surface area contributed by atoms with Crippen LogP contribution in [-0.4, -0.2) is 40.1 Å². The second kappa shape index (κ2) is 7.20. The van der Waals surface area contributed by atoms with Crippen molar-refractivity contribution in [3.63, 3.8) is 0 Å². The molecule has 1 aliphatic rings.